The van der Waals surface area contributed by atoms with Gasteiger partial charge in [-0.05, 0) is 37.0 Å². The van der Waals surface area contributed by atoms with Crippen molar-refractivity contribution in [3.05, 3.63) is 35.4 Å². The molecule has 0 spiro atoms. The molecule has 2 aromatic heterocycles. The van der Waals surface area contributed by atoms with Crippen LogP contribution in [0.25, 0.3) is 0 Å². The maximum atomic E-state index is 6.04. The van der Waals surface area contributed by atoms with Crippen molar-refractivity contribution in [2.75, 3.05) is 31.1 Å². The molecule has 5 rings (SSSR count). The molecule has 0 radical (unpaired) electrons. The second-order valence-corrected chi connectivity index (χ2v) is 8.76. The molecule has 0 N–H and O–H groups in total. The predicted octanol–water partition coefficient (Wildman–Crippen LogP) is 3.04. The molecular weight excluding hydrogens is 338 g/mol. The number of rotatable bonds is 4. The fourth-order valence-electron chi connectivity index (χ4n) is 4.92. The van der Waals surface area contributed by atoms with Gasteiger partial charge in [-0.25, -0.2) is 15.0 Å². The number of hydrogen-bond acceptors (Lipinski definition) is 6. The fraction of sp³-hybridized carbons (Fsp3) is 0.667. The molecule has 2 saturated heterocycles. The summed E-state index contributed by atoms with van der Waals surface area (Å²) in [4.78, 5) is 18.7. The molecule has 4 heterocycles. The molecule has 2 atom stereocenters. The van der Waals surface area contributed by atoms with E-state index in [9.17, 15) is 0 Å². The van der Waals surface area contributed by atoms with Gasteiger partial charge < -0.3 is 9.32 Å². The average Bonchev–Trinajstić information content (AvgIpc) is 3.34. The van der Waals surface area contributed by atoms with E-state index in [1.807, 2.05) is 0 Å². The summed E-state index contributed by atoms with van der Waals surface area (Å²) in [5, 5.41) is 0. The summed E-state index contributed by atoms with van der Waals surface area (Å²) >= 11 is 0. The van der Waals surface area contributed by atoms with Crippen LogP contribution in [0.3, 0.4) is 0 Å². The van der Waals surface area contributed by atoms with Crippen molar-refractivity contribution in [3.8, 4) is 0 Å². The van der Waals surface area contributed by atoms with Crippen molar-refractivity contribution in [3.63, 3.8) is 0 Å². The second-order valence-electron chi connectivity index (χ2n) is 8.76. The van der Waals surface area contributed by atoms with Gasteiger partial charge in [0.25, 0.3) is 0 Å². The molecular formula is C21H29N5O. The Morgan fingerprint density at radius 2 is 1.85 bits per heavy atom. The van der Waals surface area contributed by atoms with Gasteiger partial charge in [-0.3, -0.25) is 4.90 Å². The van der Waals surface area contributed by atoms with Crippen LogP contribution in [0.5, 0.6) is 0 Å². The third-order valence-electron chi connectivity index (χ3n) is 6.40. The first-order valence-corrected chi connectivity index (χ1v) is 10.4. The Labute approximate surface area is 161 Å². The highest BCUT2D eigenvalue weighted by Gasteiger charge is 2.40. The first kappa shape index (κ1) is 17.2. The molecule has 1 aliphatic carbocycles. The lowest BCUT2D eigenvalue weighted by molar-refractivity contribution is 0.270. The topological polar surface area (TPSA) is 58.3 Å². The minimum absolute atomic E-state index is 0.441. The van der Waals surface area contributed by atoms with Crippen molar-refractivity contribution < 1.29 is 4.42 Å². The number of anilines is 1. The molecule has 0 bridgehead atoms. The van der Waals surface area contributed by atoms with Crippen LogP contribution < -0.4 is 4.90 Å². The zero-order valence-corrected chi connectivity index (χ0v) is 16.4. The lowest BCUT2D eigenvalue weighted by Crippen LogP contribution is -2.29. The zero-order valence-electron chi connectivity index (χ0n) is 16.4. The van der Waals surface area contributed by atoms with Crippen LogP contribution in [-0.4, -0.2) is 46.0 Å². The summed E-state index contributed by atoms with van der Waals surface area (Å²) in [7, 11) is 0. The number of likely N-dealkylation sites (tertiary alicyclic amines) is 1. The van der Waals surface area contributed by atoms with E-state index in [0.29, 0.717) is 17.8 Å². The van der Waals surface area contributed by atoms with Gasteiger partial charge in [-0.15, -0.1) is 0 Å². The molecule has 6 heteroatoms. The van der Waals surface area contributed by atoms with Crippen molar-refractivity contribution in [2.45, 2.75) is 52.0 Å². The van der Waals surface area contributed by atoms with Crippen LogP contribution in [0, 0.1) is 11.8 Å². The number of aryl methyl sites for hydroxylation is 2. The Balaban J connectivity index is 1.21. The van der Waals surface area contributed by atoms with Gasteiger partial charge in [-0.2, -0.15) is 0 Å². The quantitative estimate of drug-likeness (QED) is 0.828. The number of nitrogens with zero attached hydrogens (tertiary/aromatic N) is 5. The molecule has 0 saturated carbocycles. The van der Waals surface area contributed by atoms with E-state index >= 15 is 0 Å². The van der Waals surface area contributed by atoms with Crippen LogP contribution in [0.4, 0.5) is 5.82 Å². The molecule has 27 heavy (non-hydrogen) atoms. The smallest absolute Gasteiger partial charge is 0.208 e. The number of oxazole rings is 1. The van der Waals surface area contributed by atoms with Gasteiger partial charge in [0.05, 0.1) is 12.2 Å². The van der Waals surface area contributed by atoms with Crippen LogP contribution >= 0.6 is 0 Å². The summed E-state index contributed by atoms with van der Waals surface area (Å²) in [5.41, 5.74) is 2.35. The summed E-state index contributed by atoms with van der Waals surface area (Å²) in [6.07, 6.45) is 6.38. The zero-order chi connectivity index (χ0) is 18.4. The average molecular weight is 367 g/mol. The minimum atomic E-state index is 0.441. The molecule has 0 aromatic carbocycles. The molecule has 6 nitrogen and oxygen atoms in total. The Morgan fingerprint density at radius 1 is 1.07 bits per heavy atom. The van der Waals surface area contributed by atoms with Gasteiger partial charge in [0, 0.05) is 44.4 Å². The van der Waals surface area contributed by atoms with E-state index in [4.69, 9.17) is 9.40 Å². The van der Waals surface area contributed by atoms with Gasteiger partial charge in [0.2, 0.25) is 5.89 Å². The Hall–Kier alpha value is -1.95. The summed E-state index contributed by atoms with van der Waals surface area (Å²) in [6, 6.07) is 2.17. The third kappa shape index (κ3) is 3.35. The first-order chi connectivity index (χ1) is 13.2. The monoisotopic (exact) mass is 367 g/mol. The molecule has 144 valence electrons. The minimum Gasteiger partial charge on any atom is -0.444 e. The van der Waals surface area contributed by atoms with Crippen molar-refractivity contribution >= 4 is 5.82 Å². The van der Waals surface area contributed by atoms with Gasteiger partial charge >= 0.3 is 0 Å². The van der Waals surface area contributed by atoms with Crippen molar-refractivity contribution in [1.82, 2.24) is 19.9 Å². The summed E-state index contributed by atoms with van der Waals surface area (Å²) in [6.45, 7) is 9.69. The van der Waals surface area contributed by atoms with E-state index in [2.05, 4.69) is 39.7 Å². The maximum Gasteiger partial charge on any atom is 0.208 e. The van der Waals surface area contributed by atoms with E-state index in [1.165, 1.54) is 18.5 Å². The van der Waals surface area contributed by atoms with Crippen LogP contribution in [0.1, 0.15) is 55.6 Å². The number of fused-ring (bicyclic) bond motifs is 2. The van der Waals surface area contributed by atoms with E-state index in [0.717, 1.165) is 68.7 Å². The predicted molar refractivity (Wildman–Crippen MR) is 104 cm³/mol. The van der Waals surface area contributed by atoms with E-state index in [1.54, 1.807) is 6.33 Å². The lowest BCUT2D eigenvalue weighted by atomic mass is 10.0. The van der Waals surface area contributed by atoms with Crippen LogP contribution in [0.2, 0.25) is 0 Å². The van der Waals surface area contributed by atoms with E-state index in [-0.39, 0.29) is 0 Å². The molecule has 2 fully saturated rings. The maximum absolute atomic E-state index is 6.04. The van der Waals surface area contributed by atoms with Gasteiger partial charge in [-0.1, -0.05) is 13.8 Å². The highest BCUT2D eigenvalue weighted by Crippen LogP contribution is 2.34. The SMILES string of the molecule is CC(C)c1cc(N2CC3CN(Cc4nc5c(o4)CCCC5)CC3C2)ncn1. The van der Waals surface area contributed by atoms with Crippen molar-refractivity contribution in [2.24, 2.45) is 11.8 Å². The molecule has 2 aliphatic heterocycles. The molecule has 0 amide bonds. The Morgan fingerprint density at radius 3 is 2.59 bits per heavy atom. The number of aromatic nitrogens is 3. The fourth-order valence-corrected chi connectivity index (χ4v) is 4.92. The molecule has 3 aliphatic rings. The lowest BCUT2D eigenvalue weighted by Gasteiger charge is -2.22. The second kappa shape index (κ2) is 6.89. The highest BCUT2D eigenvalue weighted by molar-refractivity contribution is 5.41. The van der Waals surface area contributed by atoms with Gasteiger partial charge in [0.1, 0.15) is 17.9 Å². The highest BCUT2D eigenvalue weighted by atomic mass is 16.4. The normalized spacial score (nSPS) is 25.2. The summed E-state index contributed by atoms with van der Waals surface area (Å²) in [5.74, 6) is 5.03. The van der Waals surface area contributed by atoms with Crippen molar-refractivity contribution in [1.29, 1.82) is 0 Å². The third-order valence-corrected chi connectivity index (χ3v) is 6.40. The summed E-state index contributed by atoms with van der Waals surface area (Å²) < 4.78 is 6.04. The first-order valence-electron chi connectivity index (χ1n) is 10.4. The van der Waals surface area contributed by atoms with E-state index < -0.39 is 0 Å². The molecule has 2 unspecified atom stereocenters. The number of hydrogen-bond donors (Lipinski definition) is 0. The standard InChI is InChI=1S/C21H29N5O/c1-14(2)18-7-20(23-13-22-18)26-10-15-8-25(9-16(15)11-26)12-21-24-17-5-3-4-6-19(17)27-21/h7,13-16H,3-6,8-12H2,1-2H3. The van der Waals surface area contributed by atoms with Crippen LogP contribution in [0.15, 0.2) is 16.8 Å². The Kier molecular flexibility index (Phi) is 4.38. The largest absolute Gasteiger partial charge is 0.444 e. The molecule has 2 aromatic rings. The van der Waals surface area contributed by atoms with Gasteiger partial charge in [0.15, 0.2) is 0 Å². The Bertz CT molecular complexity index is 779. The van der Waals surface area contributed by atoms with Crippen LogP contribution in [-0.2, 0) is 19.4 Å².